The molecule has 1 aliphatic carbocycles. The summed E-state index contributed by atoms with van der Waals surface area (Å²) in [6, 6.07) is 25.1. The summed E-state index contributed by atoms with van der Waals surface area (Å²) in [6.07, 6.45) is 4.56. The molecule has 9 heteroatoms. The van der Waals surface area contributed by atoms with Gasteiger partial charge in [-0.2, -0.15) is 0 Å². The molecule has 1 radical (unpaired) electrons. The van der Waals surface area contributed by atoms with Crippen molar-refractivity contribution in [1.29, 1.82) is 0 Å². The number of fused-ring (bicyclic) bond motifs is 1. The maximum Gasteiger partial charge on any atom is 0.407 e. The minimum absolute atomic E-state index is 0.0325. The average molecular weight is 642 g/mol. The number of hydrogen-bond acceptors (Lipinski definition) is 6. The molecule has 1 atom stereocenters. The van der Waals surface area contributed by atoms with Crippen molar-refractivity contribution in [3.63, 3.8) is 0 Å². The van der Waals surface area contributed by atoms with Crippen molar-refractivity contribution >= 4 is 36.5 Å². The summed E-state index contributed by atoms with van der Waals surface area (Å²) in [5.74, 6) is 1.08. The maximum absolute atomic E-state index is 11.2. The Kier molecular flexibility index (Phi) is 9.54. The predicted octanol–water partition coefficient (Wildman–Crippen LogP) is 6.04. The zero-order chi connectivity index (χ0) is 32.3. The normalized spacial score (nSPS) is 17.4. The van der Waals surface area contributed by atoms with Gasteiger partial charge < -0.3 is 28.8 Å². The number of hydrogen-bond donors (Lipinski definition) is 2. The molecular formula is C37H45N2O6Si. The van der Waals surface area contributed by atoms with Crippen LogP contribution in [0.25, 0.3) is 11.0 Å². The Labute approximate surface area is 273 Å². The van der Waals surface area contributed by atoms with Crippen molar-refractivity contribution in [2.75, 3.05) is 19.7 Å². The fourth-order valence-electron chi connectivity index (χ4n) is 6.99. The van der Waals surface area contributed by atoms with E-state index in [2.05, 4.69) is 74.5 Å². The highest BCUT2D eigenvalue weighted by Crippen LogP contribution is 2.55. The highest BCUT2D eigenvalue weighted by Gasteiger charge is 2.55. The molecule has 2 N–H and O–H groups in total. The second-order valence-corrected chi connectivity index (χ2v) is 16.1. The Hall–Kier alpha value is -3.66. The lowest BCUT2D eigenvalue weighted by Gasteiger charge is -2.40. The van der Waals surface area contributed by atoms with E-state index in [4.69, 9.17) is 13.7 Å². The summed E-state index contributed by atoms with van der Waals surface area (Å²) in [6.45, 7) is 8.20. The lowest BCUT2D eigenvalue weighted by molar-refractivity contribution is 0.000764. The van der Waals surface area contributed by atoms with Crippen LogP contribution < -0.4 is 15.1 Å². The van der Waals surface area contributed by atoms with Crippen molar-refractivity contribution in [2.45, 2.75) is 72.0 Å². The van der Waals surface area contributed by atoms with Crippen LogP contribution >= 0.6 is 0 Å². The molecule has 3 aromatic carbocycles. The number of carbonyl (C=O) groups is 1. The Morgan fingerprint density at radius 1 is 1.02 bits per heavy atom. The van der Waals surface area contributed by atoms with E-state index in [1.54, 1.807) is 0 Å². The van der Waals surface area contributed by atoms with Crippen molar-refractivity contribution in [3.8, 4) is 5.75 Å². The van der Waals surface area contributed by atoms with E-state index in [0.29, 0.717) is 42.5 Å². The van der Waals surface area contributed by atoms with Gasteiger partial charge in [-0.25, -0.2) is 4.79 Å². The SMILES string of the molecule is CC(C)(C)C(O[Si](c1ccccc1)c1ccccc1)C1(COc2ccc3c(CCC4CCN(C(=O)O)CC4)noc3c2CO)CC1. The number of benzene rings is 3. The molecule has 8 nitrogen and oxygen atoms in total. The quantitative estimate of drug-likeness (QED) is 0.182. The van der Waals surface area contributed by atoms with Crippen molar-refractivity contribution in [2.24, 2.45) is 16.7 Å². The number of piperidine rings is 1. The number of aromatic nitrogens is 1. The van der Waals surface area contributed by atoms with Crippen LogP contribution in [0.15, 0.2) is 77.3 Å². The standard InChI is InChI=1S/C37H45N2O6Si/c1-36(2,3)34(45-46(27-10-6-4-7-11-27)28-12-8-5-9-13-28)37(20-21-37)25-43-32-17-15-29-31(38-44-33(29)30(32)24-40)16-14-26-18-22-39(23-19-26)35(41)42/h4-13,15,17,26,34,40H,14,16,18-25H2,1-3H3,(H,41,42). The van der Waals surface area contributed by atoms with E-state index >= 15 is 0 Å². The lowest BCUT2D eigenvalue weighted by atomic mass is 9.79. The fraction of sp³-hybridized carbons (Fsp3) is 0.459. The Bertz CT molecular complexity index is 1570. The summed E-state index contributed by atoms with van der Waals surface area (Å²) in [4.78, 5) is 12.7. The number of likely N-dealkylation sites (tertiary alicyclic amines) is 1. The molecule has 2 aliphatic rings. The van der Waals surface area contributed by atoms with Gasteiger partial charge in [0, 0.05) is 23.9 Å². The molecule has 1 saturated carbocycles. The van der Waals surface area contributed by atoms with Gasteiger partial charge in [0.1, 0.15) is 5.75 Å². The molecule has 4 aromatic rings. The topological polar surface area (TPSA) is 105 Å². The van der Waals surface area contributed by atoms with Gasteiger partial charge in [0.25, 0.3) is 9.04 Å². The monoisotopic (exact) mass is 641 g/mol. The lowest BCUT2D eigenvalue weighted by Crippen LogP contribution is -2.53. The average Bonchev–Trinajstić information content (AvgIpc) is 3.73. The zero-order valence-corrected chi connectivity index (χ0v) is 28.1. The van der Waals surface area contributed by atoms with Crippen LogP contribution in [0, 0.1) is 16.7 Å². The van der Waals surface area contributed by atoms with Gasteiger partial charge >= 0.3 is 6.09 Å². The van der Waals surface area contributed by atoms with Crippen molar-refractivity contribution in [3.05, 3.63) is 84.1 Å². The van der Waals surface area contributed by atoms with E-state index in [1.807, 2.05) is 24.3 Å². The van der Waals surface area contributed by atoms with Crippen LogP contribution in [0.4, 0.5) is 4.79 Å². The van der Waals surface area contributed by atoms with E-state index < -0.39 is 15.1 Å². The Morgan fingerprint density at radius 3 is 2.20 bits per heavy atom. The van der Waals surface area contributed by atoms with Crippen LogP contribution in [0.2, 0.25) is 0 Å². The van der Waals surface area contributed by atoms with E-state index in [9.17, 15) is 15.0 Å². The molecule has 243 valence electrons. The van der Waals surface area contributed by atoms with Gasteiger partial charge in [-0.3, -0.25) is 0 Å². The first-order valence-electron chi connectivity index (χ1n) is 16.4. The molecule has 6 rings (SSSR count). The van der Waals surface area contributed by atoms with Crippen LogP contribution in [0.3, 0.4) is 0 Å². The molecule has 1 saturated heterocycles. The zero-order valence-electron chi connectivity index (χ0n) is 27.1. The molecule has 0 bridgehead atoms. The van der Waals surface area contributed by atoms with Crippen LogP contribution in [-0.4, -0.2) is 61.2 Å². The highest BCUT2D eigenvalue weighted by molar-refractivity contribution is 6.80. The highest BCUT2D eigenvalue weighted by atomic mass is 28.3. The third kappa shape index (κ3) is 7.01. The van der Waals surface area contributed by atoms with Crippen molar-refractivity contribution < 1.29 is 28.7 Å². The summed E-state index contributed by atoms with van der Waals surface area (Å²) in [5.41, 5.74) is 1.81. The number of ether oxygens (including phenoxy) is 1. The minimum atomic E-state index is -1.51. The molecule has 46 heavy (non-hydrogen) atoms. The molecule has 0 spiro atoms. The first-order valence-corrected chi connectivity index (χ1v) is 17.9. The summed E-state index contributed by atoms with van der Waals surface area (Å²) < 4.78 is 19.6. The first-order chi connectivity index (χ1) is 22.2. The number of carboxylic acid groups (broad SMARTS) is 1. The molecule has 1 amide bonds. The molecule has 2 fully saturated rings. The molecule has 1 unspecified atom stereocenters. The maximum atomic E-state index is 11.2. The Morgan fingerprint density at radius 2 is 1.65 bits per heavy atom. The number of aliphatic hydroxyl groups is 1. The second-order valence-electron chi connectivity index (χ2n) is 14.0. The smallest absolute Gasteiger partial charge is 0.407 e. The molecule has 2 heterocycles. The molecule has 1 aliphatic heterocycles. The van der Waals surface area contributed by atoms with E-state index in [0.717, 1.165) is 49.6 Å². The minimum Gasteiger partial charge on any atom is -0.492 e. The van der Waals surface area contributed by atoms with Gasteiger partial charge in [-0.1, -0.05) is 86.6 Å². The number of aliphatic hydroxyl groups excluding tert-OH is 1. The van der Waals surface area contributed by atoms with Gasteiger partial charge in [0.2, 0.25) is 0 Å². The summed E-state index contributed by atoms with van der Waals surface area (Å²) >= 11 is 0. The van der Waals surface area contributed by atoms with Gasteiger partial charge in [0.15, 0.2) is 5.58 Å². The van der Waals surface area contributed by atoms with Crippen LogP contribution in [0.5, 0.6) is 5.75 Å². The number of amides is 1. The van der Waals surface area contributed by atoms with Crippen LogP contribution in [0.1, 0.15) is 64.1 Å². The number of nitrogens with zero attached hydrogens (tertiary/aromatic N) is 2. The Balaban J connectivity index is 1.17. The van der Waals surface area contributed by atoms with Crippen molar-refractivity contribution in [1.82, 2.24) is 10.1 Å². The van der Waals surface area contributed by atoms with Gasteiger partial charge in [0.05, 0.1) is 30.6 Å². The molecular weight excluding hydrogens is 597 g/mol. The van der Waals surface area contributed by atoms with Gasteiger partial charge in [-0.15, -0.1) is 0 Å². The fourth-order valence-corrected chi connectivity index (χ4v) is 9.43. The third-order valence-electron chi connectivity index (χ3n) is 9.67. The van der Waals surface area contributed by atoms with E-state index in [1.165, 1.54) is 15.3 Å². The molecule has 1 aromatic heterocycles. The first kappa shape index (κ1) is 32.3. The summed E-state index contributed by atoms with van der Waals surface area (Å²) in [7, 11) is -1.51. The number of aryl methyl sites for hydroxylation is 1. The third-order valence-corrected chi connectivity index (χ3v) is 11.9. The summed E-state index contributed by atoms with van der Waals surface area (Å²) in [5, 5.41) is 27.4. The van der Waals surface area contributed by atoms with E-state index in [-0.39, 0.29) is 23.5 Å². The number of rotatable bonds is 12. The second kappa shape index (κ2) is 13.6. The van der Waals surface area contributed by atoms with Gasteiger partial charge in [-0.05, 0) is 72.4 Å². The van der Waals surface area contributed by atoms with Crippen LogP contribution in [-0.2, 0) is 17.5 Å². The predicted molar refractivity (Wildman–Crippen MR) is 180 cm³/mol. The largest absolute Gasteiger partial charge is 0.492 e.